The Morgan fingerprint density at radius 2 is 1.27 bits per heavy atom. The lowest BCUT2D eigenvalue weighted by Crippen LogP contribution is -2.22. The third-order valence-electron chi connectivity index (χ3n) is 2.97. The maximum absolute atomic E-state index is 5.94. The highest BCUT2D eigenvalue weighted by Gasteiger charge is 2.39. The Balaban J connectivity index is 2.42. The second kappa shape index (κ2) is 5.86. The van der Waals surface area contributed by atoms with Gasteiger partial charge in [0.2, 0.25) is 0 Å². The highest BCUT2D eigenvalue weighted by Crippen LogP contribution is 2.33. The number of rotatable bonds is 6. The summed E-state index contributed by atoms with van der Waals surface area (Å²) in [6.45, 7) is 8.50. The largest absolute Gasteiger partial charge is 0.345 e. The van der Waals surface area contributed by atoms with Crippen molar-refractivity contribution in [3.05, 3.63) is 0 Å². The van der Waals surface area contributed by atoms with Crippen LogP contribution < -0.4 is 0 Å². The molecule has 1 fully saturated rings. The summed E-state index contributed by atoms with van der Waals surface area (Å²) in [7, 11) is 0. The molecule has 15 heavy (non-hydrogen) atoms. The first kappa shape index (κ1) is 13.0. The van der Waals surface area contributed by atoms with Crippen molar-refractivity contribution in [1.82, 2.24) is 0 Å². The van der Waals surface area contributed by atoms with Crippen LogP contribution in [0.15, 0.2) is 0 Å². The number of hydrogen-bond donors (Lipinski definition) is 0. The van der Waals surface area contributed by atoms with Crippen molar-refractivity contribution in [3.8, 4) is 0 Å². The van der Waals surface area contributed by atoms with E-state index in [9.17, 15) is 0 Å². The minimum Gasteiger partial charge on any atom is -0.345 e. The van der Waals surface area contributed by atoms with Gasteiger partial charge in [-0.2, -0.15) is 0 Å². The lowest BCUT2D eigenvalue weighted by Gasteiger charge is -2.16. The molecule has 1 saturated heterocycles. The Morgan fingerprint density at radius 1 is 0.867 bits per heavy atom. The zero-order valence-corrected chi connectivity index (χ0v) is 10.7. The van der Waals surface area contributed by atoms with Gasteiger partial charge in [-0.05, 0) is 26.7 Å². The molecule has 0 N–H and O–H groups in total. The van der Waals surface area contributed by atoms with Crippen LogP contribution in [0.1, 0.15) is 66.2 Å². The van der Waals surface area contributed by atoms with Crippen molar-refractivity contribution in [2.45, 2.75) is 84.2 Å². The molecule has 0 unspecified atom stereocenters. The lowest BCUT2D eigenvalue weighted by molar-refractivity contribution is -0.147. The molecule has 0 amide bonds. The normalized spacial score (nSPS) is 29.6. The molecule has 1 aliphatic heterocycles. The van der Waals surface area contributed by atoms with Gasteiger partial charge in [0.25, 0.3) is 0 Å². The minimum absolute atomic E-state index is 0.325. The molecule has 90 valence electrons. The van der Waals surface area contributed by atoms with Gasteiger partial charge in [-0.1, -0.05) is 39.5 Å². The SMILES string of the molecule is CCCC[C@H]1OC(C)(C)O[C@@H]1CCCC. The Hall–Kier alpha value is -0.0800. The molecule has 0 aromatic rings. The van der Waals surface area contributed by atoms with Crippen molar-refractivity contribution >= 4 is 0 Å². The molecule has 0 radical (unpaired) electrons. The van der Waals surface area contributed by atoms with E-state index in [0.717, 1.165) is 12.8 Å². The first-order valence-corrected chi connectivity index (χ1v) is 6.44. The first-order chi connectivity index (χ1) is 7.09. The highest BCUT2D eigenvalue weighted by atomic mass is 16.7. The van der Waals surface area contributed by atoms with Gasteiger partial charge in [0.1, 0.15) is 0 Å². The van der Waals surface area contributed by atoms with Crippen LogP contribution in [-0.2, 0) is 9.47 Å². The molecule has 0 saturated carbocycles. The molecule has 0 aromatic heterocycles. The second-order valence-corrected chi connectivity index (χ2v) is 5.00. The van der Waals surface area contributed by atoms with Crippen LogP contribution in [0.3, 0.4) is 0 Å². The van der Waals surface area contributed by atoms with Gasteiger partial charge in [-0.3, -0.25) is 0 Å². The van der Waals surface area contributed by atoms with Crippen molar-refractivity contribution in [2.75, 3.05) is 0 Å². The summed E-state index contributed by atoms with van der Waals surface area (Å²) in [6, 6.07) is 0. The van der Waals surface area contributed by atoms with Gasteiger partial charge < -0.3 is 9.47 Å². The second-order valence-electron chi connectivity index (χ2n) is 5.00. The lowest BCUT2D eigenvalue weighted by atomic mass is 10.0. The van der Waals surface area contributed by atoms with E-state index in [1.165, 1.54) is 25.7 Å². The predicted molar refractivity (Wildman–Crippen MR) is 62.9 cm³/mol. The highest BCUT2D eigenvalue weighted by molar-refractivity contribution is 4.81. The average Bonchev–Trinajstić information content (AvgIpc) is 2.47. The zero-order valence-electron chi connectivity index (χ0n) is 10.7. The first-order valence-electron chi connectivity index (χ1n) is 6.44. The average molecular weight is 214 g/mol. The van der Waals surface area contributed by atoms with Crippen molar-refractivity contribution in [3.63, 3.8) is 0 Å². The van der Waals surface area contributed by atoms with Crippen LogP contribution in [-0.4, -0.2) is 18.0 Å². The van der Waals surface area contributed by atoms with E-state index in [4.69, 9.17) is 9.47 Å². The molecule has 0 aliphatic carbocycles. The van der Waals surface area contributed by atoms with E-state index < -0.39 is 0 Å². The Bertz CT molecular complexity index is 159. The molecule has 1 heterocycles. The zero-order chi connectivity index (χ0) is 11.3. The van der Waals surface area contributed by atoms with Gasteiger partial charge in [0.15, 0.2) is 5.79 Å². The predicted octanol–water partition coefficient (Wildman–Crippen LogP) is 3.89. The van der Waals surface area contributed by atoms with Crippen LogP contribution in [0.4, 0.5) is 0 Å². The molecule has 0 bridgehead atoms. The minimum atomic E-state index is -0.364. The number of ether oxygens (including phenoxy) is 2. The fourth-order valence-electron chi connectivity index (χ4n) is 2.21. The van der Waals surface area contributed by atoms with E-state index in [1.807, 2.05) is 13.8 Å². The summed E-state index contributed by atoms with van der Waals surface area (Å²) in [5.74, 6) is -0.364. The van der Waals surface area contributed by atoms with E-state index in [0.29, 0.717) is 12.2 Å². The monoisotopic (exact) mass is 214 g/mol. The van der Waals surface area contributed by atoms with Gasteiger partial charge in [0, 0.05) is 0 Å². The molecule has 1 rings (SSSR count). The molecule has 0 aromatic carbocycles. The molecule has 2 nitrogen and oxygen atoms in total. The van der Waals surface area contributed by atoms with E-state index in [1.54, 1.807) is 0 Å². The fourth-order valence-corrected chi connectivity index (χ4v) is 2.21. The van der Waals surface area contributed by atoms with E-state index in [2.05, 4.69) is 13.8 Å². The van der Waals surface area contributed by atoms with Crippen LogP contribution >= 0.6 is 0 Å². The maximum atomic E-state index is 5.94. The summed E-state index contributed by atoms with van der Waals surface area (Å²) in [4.78, 5) is 0. The summed E-state index contributed by atoms with van der Waals surface area (Å²) in [6.07, 6.45) is 7.90. The molecular weight excluding hydrogens is 188 g/mol. The molecule has 1 aliphatic rings. The summed E-state index contributed by atoms with van der Waals surface area (Å²) in [5, 5.41) is 0. The Kier molecular flexibility index (Phi) is 5.07. The standard InChI is InChI=1S/C13H26O2/c1-5-7-9-11-12(10-8-6-2)15-13(3,4)14-11/h11-12H,5-10H2,1-4H3/t11-,12-/m1/s1. The summed E-state index contributed by atoms with van der Waals surface area (Å²) in [5.41, 5.74) is 0. The smallest absolute Gasteiger partial charge is 0.163 e. The van der Waals surface area contributed by atoms with Gasteiger partial charge in [-0.15, -0.1) is 0 Å². The number of unbranched alkanes of at least 4 members (excludes halogenated alkanes) is 2. The summed E-state index contributed by atoms with van der Waals surface area (Å²) >= 11 is 0. The van der Waals surface area contributed by atoms with Crippen molar-refractivity contribution < 1.29 is 9.47 Å². The van der Waals surface area contributed by atoms with E-state index in [-0.39, 0.29) is 5.79 Å². The van der Waals surface area contributed by atoms with Crippen LogP contribution in [0.25, 0.3) is 0 Å². The molecule has 2 atom stereocenters. The van der Waals surface area contributed by atoms with E-state index >= 15 is 0 Å². The van der Waals surface area contributed by atoms with Gasteiger partial charge in [0.05, 0.1) is 12.2 Å². The fraction of sp³-hybridized carbons (Fsp3) is 1.00. The van der Waals surface area contributed by atoms with Gasteiger partial charge >= 0.3 is 0 Å². The van der Waals surface area contributed by atoms with Crippen LogP contribution in [0, 0.1) is 0 Å². The molecule has 2 heteroatoms. The van der Waals surface area contributed by atoms with Crippen LogP contribution in [0.2, 0.25) is 0 Å². The van der Waals surface area contributed by atoms with Gasteiger partial charge in [-0.25, -0.2) is 0 Å². The molecular formula is C13H26O2. The topological polar surface area (TPSA) is 18.5 Å². The quantitative estimate of drug-likeness (QED) is 0.668. The Morgan fingerprint density at radius 3 is 1.60 bits per heavy atom. The van der Waals surface area contributed by atoms with Crippen LogP contribution in [0.5, 0.6) is 0 Å². The Labute approximate surface area is 94.3 Å². The maximum Gasteiger partial charge on any atom is 0.163 e. The van der Waals surface area contributed by atoms with Crippen molar-refractivity contribution in [2.24, 2.45) is 0 Å². The van der Waals surface area contributed by atoms with Crippen molar-refractivity contribution in [1.29, 1.82) is 0 Å². The number of hydrogen-bond acceptors (Lipinski definition) is 2. The molecule has 0 spiro atoms. The third kappa shape index (κ3) is 4.12. The third-order valence-corrected chi connectivity index (χ3v) is 2.97. The summed E-state index contributed by atoms with van der Waals surface area (Å²) < 4.78 is 11.9.